The minimum atomic E-state index is -0.366. The molecular formula is C18H32O3. The molecule has 2 aliphatic rings. The Bertz CT molecular complexity index is 355. The molecule has 0 heterocycles. The van der Waals surface area contributed by atoms with E-state index in [1.165, 1.54) is 25.7 Å². The number of rotatable bonds is 7. The largest absolute Gasteiger partial charge is 0.462 e. The van der Waals surface area contributed by atoms with Crippen molar-refractivity contribution in [3.8, 4) is 0 Å². The highest BCUT2D eigenvalue weighted by Crippen LogP contribution is 2.39. The Kier molecular flexibility index (Phi) is 5.34. The predicted molar refractivity (Wildman–Crippen MR) is 84.1 cm³/mol. The van der Waals surface area contributed by atoms with Crippen LogP contribution in [0.1, 0.15) is 72.6 Å². The standard InChI is InChI=1S/C18H32O3/c1-17(2)10-5-6-14(12-17)9-11-21-18(3,4)13-20-16(19)15-7-8-15/h14-15H,5-13H2,1-4H3/t14-/m1/s1. The minimum absolute atomic E-state index is 0.0410. The maximum Gasteiger partial charge on any atom is 0.309 e. The van der Waals surface area contributed by atoms with E-state index in [4.69, 9.17) is 9.47 Å². The van der Waals surface area contributed by atoms with Crippen LogP contribution in [-0.2, 0) is 14.3 Å². The monoisotopic (exact) mass is 296 g/mol. The zero-order valence-electron chi connectivity index (χ0n) is 14.2. The average molecular weight is 296 g/mol. The number of hydrogen-bond acceptors (Lipinski definition) is 3. The average Bonchev–Trinajstić information content (AvgIpc) is 3.19. The van der Waals surface area contributed by atoms with Crippen LogP contribution in [0.4, 0.5) is 0 Å². The zero-order valence-corrected chi connectivity index (χ0v) is 14.2. The van der Waals surface area contributed by atoms with Gasteiger partial charge in [-0.15, -0.1) is 0 Å². The fourth-order valence-corrected chi connectivity index (χ4v) is 3.33. The van der Waals surface area contributed by atoms with Crippen LogP contribution in [0.15, 0.2) is 0 Å². The lowest BCUT2D eigenvalue weighted by molar-refractivity contribution is -0.155. The van der Waals surface area contributed by atoms with E-state index in [1.54, 1.807) is 0 Å². The van der Waals surface area contributed by atoms with Crippen molar-refractivity contribution in [2.75, 3.05) is 13.2 Å². The van der Waals surface area contributed by atoms with Crippen molar-refractivity contribution in [3.05, 3.63) is 0 Å². The van der Waals surface area contributed by atoms with Gasteiger partial charge >= 0.3 is 5.97 Å². The SMILES string of the molecule is CC1(C)CCC[C@H](CCOC(C)(C)COC(=O)C2CC2)C1. The van der Waals surface area contributed by atoms with Crippen molar-refractivity contribution in [2.45, 2.75) is 78.2 Å². The second-order valence-corrected chi connectivity index (χ2v) is 8.41. The number of ether oxygens (including phenoxy) is 2. The van der Waals surface area contributed by atoms with E-state index < -0.39 is 0 Å². The second-order valence-electron chi connectivity index (χ2n) is 8.41. The Morgan fingerprint density at radius 3 is 2.57 bits per heavy atom. The third-order valence-corrected chi connectivity index (χ3v) is 4.80. The fraction of sp³-hybridized carbons (Fsp3) is 0.944. The summed E-state index contributed by atoms with van der Waals surface area (Å²) in [7, 11) is 0. The Morgan fingerprint density at radius 2 is 1.95 bits per heavy atom. The van der Waals surface area contributed by atoms with Gasteiger partial charge in [0.2, 0.25) is 0 Å². The normalized spacial score (nSPS) is 25.6. The maximum atomic E-state index is 11.6. The number of carbonyl (C=O) groups is 1. The summed E-state index contributed by atoms with van der Waals surface area (Å²) >= 11 is 0. The summed E-state index contributed by atoms with van der Waals surface area (Å²) in [6.45, 7) is 9.92. The second kappa shape index (κ2) is 6.68. The van der Waals surface area contributed by atoms with Crippen LogP contribution in [0.25, 0.3) is 0 Å². The summed E-state index contributed by atoms with van der Waals surface area (Å²) < 4.78 is 11.3. The molecule has 2 fully saturated rings. The van der Waals surface area contributed by atoms with Gasteiger partial charge in [0.1, 0.15) is 6.61 Å². The molecule has 0 aromatic carbocycles. The molecule has 2 saturated carbocycles. The number of hydrogen-bond donors (Lipinski definition) is 0. The molecule has 122 valence electrons. The molecule has 1 atom stereocenters. The Hall–Kier alpha value is -0.570. The lowest BCUT2D eigenvalue weighted by Crippen LogP contribution is -2.33. The van der Waals surface area contributed by atoms with Crippen molar-refractivity contribution >= 4 is 5.97 Å². The van der Waals surface area contributed by atoms with Gasteiger partial charge in [0.05, 0.1) is 11.5 Å². The first-order valence-electron chi connectivity index (χ1n) is 8.58. The highest BCUT2D eigenvalue weighted by Gasteiger charge is 2.33. The van der Waals surface area contributed by atoms with Gasteiger partial charge in [-0.05, 0) is 57.3 Å². The highest BCUT2D eigenvalue weighted by atomic mass is 16.6. The summed E-state index contributed by atoms with van der Waals surface area (Å²) in [5, 5.41) is 0. The molecule has 0 aliphatic heterocycles. The van der Waals surface area contributed by atoms with Crippen molar-refractivity contribution in [3.63, 3.8) is 0 Å². The van der Waals surface area contributed by atoms with Crippen LogP contribution in [0.5, 0.6) is 0 Å². The van der Waals surface area contributed by atoms with Gasteiger partial charge in [-0.3, -0.25) is 4.79 Å². The van der Waals surface area contributed by atoms with E-state index in [0.29, 0.717) is 12.0 Å². The quantitative estimate of drug-likeness (QED) is 0.656. The first-order chi connectivity index (χ1) is 9.77. The molecule has 21 heavy (non-hydrogen) atoms. The molecule has 2 rings (SSSR count). The van der Waals surface area contributed by atoms with Crippen LogP contribution in [0, 0.1) is 17.3 Å². The van der Waals surface area contributed by atoms with E-state index in [2.05, 4.69) is 13.8 Å². The van der Waals surface area contributed by atoms with Gasteiger partial charge in [-0.2, -0.15) is 0 Å². The Morgan fingerprint density at radius 1 is 1.24 bits per heavy atom. The molecule has 2 aliphatic carbocycles. The van der Waals surface area contributed by atoms with E-state index in [-0.39, 0.29) is 17.5 Å². The first-order valence-corrected chi connectivity index (χ1v) is 8.58. The predicted octanol–water partition coefficient (Wildman–Crippen LogP) is 4.34. The van der Waals surface area contributed by atoms with Crippen LogP contribution in [0.3, 0.4) is 0 Å². The minimum Gasteiger partial charge on any atom is -0.462 e. The van der Waals surface area contributed by atoms with Gasteiger partial charge in [-0.25, -0.2) is 0 Å². The van der Waals surface area contributed by atoms with Gasteiger partial charge in [0, 0.05) is 6.61 Å². The lowest BCUT2D eigenvalue weighted by atomic mass is 9.71. The van der Waals surface area contributed by atoms with Gasteiger partial charge < -0.3 is 9.47 Å². The number of esters is 1. The Labute approximate surface area is 129 Å². The summed E-state index contributed by atoms with van der Waals surface area (Å²) in [4.78, 5) is 11.6. The van der Waals surface area contributed by atoms with E-state index in [9.17, 15) is 4.79 Å². The molecule has 0 amide bonds. The molecule has 3 heteroatoms. The van der Waals surface area contributed by atoms with E-state index >= 15 is 0 Å². The lowest BCUT2D eigenvalue weighted by Gasteiger charge is -2.35. The van der Waals surface area contributed by atoms with Crippen molar-refractivity contribution in [1.29, 1.82) is 0 Å². The van der Waals surface area contributed by atoms with Gasteiger partial charge in [0.25, 0.3) is 0 Å². The molecule has 0 bridgehead atoms. The van der Waals surface area contributed by atoms with Crippen molar-refractivity contribution < 1.29 is 14.3 Å². The van der Waals surface area contributed by atoms with Crippen molar-refractivity contribution in [1.82, 2.24) is 0 Å². The third-order valence-electron chi connectivity index (χ3n) is 4.80. The molecule has 0 saturated heterocycles. The summed E-state index contributed by atoms with van der Waals surface area (Å²) in [5.41, 5.74) is 0.132. The third kappa shape index (κ3) is 5.98. The van der Waals surface area contributed by atoms with Gasteiger partial charge in [-0.1, -0.05) is 26.7 Å². The highest BCUT2D eigenvalue weighted by molar-refractivity contribution is 5.74. The molecule has 0 aromatic heterocycles. The first kappa shape index (κ1) is 16.8. The van der Waals surface area contributed by atoms with Gasteiger partial charge in [0.15, 0.2) is 0 Å². The smallest absolute Gasteiger partial charge is 0.309 e. The zero-order chi connectivity index (χ0) is 15.5. The van der Waals surface area contributed by atoms with Crippen LogP contribution in [-0.4, -0.2) is 24.8 Å². The van der Waals surface area contributed by atoms with Crippen LogP contribution >= 0.6 is 0 Å². The topological polar surface area (TPSA) is 35.5 Å². The molecule has 0 spiro atoms. The number of carbonyl (C=O) groups excluding carboxylic acids is 1. The summed E-state index contributed by atoms with van der Waals surface area (Å²) in [5.74, 6) is 0.921. The molecule has 0 radical (unpaired) electrons. The summed E-state index contributed by atoms with van der Waals surface area (Å²) in [6.07, 6.45) is 8.48. The molecule has 0 aromatic rings. The van der Waals surface area contributed by atoms with E-state index in [0.717, 1.165) is 31.8 Å². The Balaban J connectivity index is 1.63. The maximum absolute atomic E-state index is 11.6. The fourth-order valence-electron chi connectivity index (χ4n) is 3.33. The van der Waals surface area contributed by atoms with E-state index in [1.807, 2.05) is 13.8 Å². The summed E-state index contributed by atoms with van der Waals surface area (Å²) in [6, 6.07) is 0. The molecule has 0 unspecified atom stereocenters. The van der Waals surface area contributed by atoms with Crippen LogP contribution < -0.4 is 0 Å². The van der Waals surface area contributed by atoms with Crippen molar-refractivity contribution in [2.24, 2.45) is 17.3 Å². The molecule has 0 N–H and O–H groups in total. The molecular weight excluding hydrogens is 264 g/mol. The molecule has 3 nitrogen and oxygen atoms in total. The van der Waals surface area contributed by atoms with Crippen LogP contribution in [0.2, 0.25) is 0 Å².